The Morgan fingerprint density at radius 2 is 1.70 bits per heavy atom. The van der Waals surface area contributed by atoms with Crippen LogP contribution in [0.1, 0.15) is 59.8 Å². The van der Waals surface area contributed by atoms with Gasteiger partial charge in [-0.1, -0.05) is 32.0 Å². The summed E-state index contributed by atoms with van der Waals surface area (Å²) in [5, 5.41) is 0. The van der Waals surface area contributed by atoms with Crippen LogP contribution in [0.15, 0.2) is 35.2 Å². The maximum atomic E-state index is 13.4. The zero-order chi connectivity index (χ0) is 22.6. The molecular formula is C22H30N2O5S. The predicted molar refractivity (Wildman–Crippen MR) is 115 cm³/mol. The fourth-order valence-corrected chi connectivity index (χ4v) is 5.20. The van der Waals surface area contributed by atoms with E-state index in [2.05, 4.69) is 4.98 Å². The number of esters is 1. The van der Waals surface area contributed by atoms with E-state index >= 15 is 0 Å². The second kappa shape index (κ2) is 9.57. The molecule has 0 aliphatic rings. The first-order chi connectivity index (χ1) is 14.0. The number of ketones is 1. The molecule has 0 bridgehead atoms. The lowest BCUT2D eigenvalue weighted by atomic mass is 10.0. The fraction of sp³-hybridized carbons (Fsp3) is 0.455. The van der Waals surface area contributed by atoms with Crippen LogP contribution in [0.4, 0.5) is 0 Å². The van der Waals surface area contributed by atoms with Crippen molar-refractivity contribution >= 4 is 21.8 Å². The number of nitrogens with zero attached hydrogens (tertiary/aromatic N) is 1. The highest BCUT2D eigenvalue weighted by atomic mass is 32.2. The van der Waals surface area contributed by atoms with Crippen molar-refractivity contribution in [2.75, 3.05) is 13.2 Å². The highest BCUT2D eigenvalue weighted by Gasteiger charge is 2.36. The Kier molecular flexibility index (Phi) is 7.60. The molecule has 0 aliphatic carbocycles. The van der Waals surface area contributed by atoms with Crippen LogP contribution in [0.2, 0.25) is 0 Å². The average Bonchev–Trinajstić information content (AvgIpc) is 3.00. The largest absolute Gasteiger partial charge is 0.461 e. The number of benzene rings is 1. The molecule has 164 valence electrons. The van der Waals surface area contributed by atoms with Gasteiger partial charge in [-0.25, -0.2) is 13.2 Å². The van der Waals surface area contributed by atoms with E-state index in [0.29, 0.717) is 16.8 Å². The highest BCUT2D eigenvalue weighted by molar-refractivity contribution is 7.89. The summed E-state index contributed by atoms with van der Waals surface area (Å²) in [6, 6.07) is 7.14. The quantitative estimate of drug-likeness (QED) is 0.479. The number of sulfonamides is 1. The maximum Gasteiger partial charge on any atom is 0.355 e. The number of H-pyrrole nitrogens is 1. The van der Waals surface area contributed by atoms with Gasteiger partial charge in [0.05, 0.1) is 17.5 Å². The van der Waals surface area contributed by atoms with Crippen LogP contribution in [0, 0.1) is 19.8 Å². The van der Waals surface area contributed by atoms with Crippen molar-refractivity contribution in [3.05, 3.63) is 52.8 Å². The zero-order valence-corrected chi connectivity index (χ0v) is 19.2. The molecule has 30 heavy (non-hydrogen) atoms. The number of ether oxygens (including phenoxy) is 1. The summed E-state index contributed by atoms with van der Waals surface area (Å²) >= 11 is 0. The summed E-state index contributed by atoms with van der Waals surface area (Å²) in [5.74, 6) is -0.889. The number of aromatic nitrogens is 1. The molecule has 0 radical (unpaired) electrons. The Bertz CT molecular complexity index is 1010. The van der Waals surface area contributed by atoms with Gasteiger partial charge in [0.1, 0.15) is 5.69 Å². The van der Waals surface area contributed by atoms with Crippen molar-refractivity contribution in [2.24, 2.45) is 5.92 Å². The SMILES string of the molecule is CCOC(=O)c1[nH]c(C)c(C(=O)C(C)N(CC(C)C)S(=O)(=O)c2ccccc2)c1C. The minimum Gasteiger partial charge on any atom is -0.461 e. The Morgan fingerprint density at radius 3 is 2.23 bits per heavy atom. The highest BCUT2D eigenvalue weighted by Crippen LogP contribution is 2.26. The van der Waals surface area contributed by atoms with E-state index in [1.165, 1.54) is 16.4 Å². The topological polar surface area (TPSA) is 96.5 Å². The summed E-state index contributed by atoms with van der Waals surface area (Å²) in [7, 11) is -3.88. The average molecular weight is 435 g/mol. The van der Waals surface area contributed by atoms with Gasteiger partial charge < -0.3 is 9.72 Å². The number of carbonyl (C=O) groups is 2. The van der Waals surface area contributed by atoms with Crippen LogP contribution in [0.5, 0.6) is 0 Å². The molecule has 0 fully saturated rings. The van der Waals surface area contributed by atoms with Gasteiger partial charge in [-0.05, 0) is 51.3 Å². The van der Waals surface area contributed by atoms with Crippen molar-refractivity contribution in [1.82, 2.24) is 9.29 Å². The summed E-state index contributed by atoms with van der Waals surface area (Å²) in [5.41, 5.74) is 1.51. The predicted octanol–water partition coefficient (Wildman–Crippen LogP) is 3.73. The first-order valence-corrected chi connectivity index (χ1v) is 11.4. The van der Waals surface area contributed by atoms with E-state index in [4.69, 9.17) is 4.74 Å². The number of nitrogens with one attached hydrogen (secondary N) is 1. The molecule has 0 saturated carbocycles. The molecule has 2 aromatic rings. The van der Waals surface area contributed by atoms with Crippen molar-refractivity contribution in [2.45, 2.75) is 52.5 Å². The lowest BCUT2D eigenvalue weighted by Crippen LogP contribution is -2.45. The summed E-state index contributed by atoms with van der Waals surface area (Å²) in [6.07, 6.45) is 0. The monoisotopic (exact) mass is 434 g/mol. The fourth-order valence-electron chi connectivity index (χ4n) is 3.42. The smallest absolute Gasteiger partial charge is 0.355 e. The molecule has 1 heterocycles. The van der Waals surface area contributed by atoms with E-state index in [1.54, 1.807) is 45.9 Å². The zero-order valence-electron chi connectivity index (χ0n) is 18.4. The molecule has 2 rings (SSSR count). The number of hydrogen-bond donors (Lipinski definition) is 1. The number of hydrogen-bond acceptors (Lipinski definition) is 5. The Morgan fingerprint density at radius 1 is 1.10 bits per heavy atom. The van der Waals surface area contributed by atoms with Crippen LogP contribution in [-0.4, -0.2) is 48.7 Å². The van der Waals surface area contributed by atoms with Crippen LogP contribution < -0.4 is 0 Å². The molecule has 7 nitrogen and oxygen atoms in total. The normalized spacial score (nSPS) is 12.9. The third-order valence-electron chi connectivity index (χ3n) is 4.87. The lowest BCUT2D eigenvalue weighted by molar-refractivity contribution is 0.0519. The molecule has 1 aromatic heterocycles. The molecular weight excluding hydrogens is 404 g/mol. The van der Waals surface area contributed by atoms with E-state index < -0.39 is 22.0 Å². The first kappa shape index (κ1) is 23.8. The Hall–Kier alpha value is -2.45. The van der Waals surface area contributed by atoms with Gasteiger partial charge in [0.2, 0.25) is 10.0 Å². The van der Waals surface area contributed by atoms with E-state index in [9.17, 15) is 18.0 Å². The van der Waals surface area contributed by atoms with E-state index in [-0.39, 0.29) is 35.4 Å². The number of Topliss-reactive ketones (excluding diaryl/α,β-unsaturated/α-hetero) is 1. The third kappa shape index (κ3) is 4.82. The lowest BCUT2D eigenvalue weighted by Gasteiger charge is -2.29. The molecule has 0 aliphatic heterocycles. The summed E-state index contributed by atoms with van der Waals surface area (Å²) in [6.45, 7) is 10.8. The summed E-state index contributed by atoms with van der Waals surface area (Å²) in [4.78, 5) is 28.6. The van der Waals surface area contributed by atoms with E-state index in [0.717, 1.165) is 0 Å². The molecule has 1 aromatic carbocycles. The van der Waals surface area contributed by atoms with Gasteiger partial charge in [-0.2, -0.15) is 4.31 Å². The molecule has 0 saturated heterocycles. The summed E-state index contributed by atoms with van der Waals surface area (Å²) < 4.78 is 32.9. The van der Waals surface area contributed by atoms with Gasteiger partial charge in [-0.15, -0.1) is 0 Å². The van der Waals surface area contributed by atoms with Crippen molar-refractivity contribution in [3.63, 3.8) is 0 Å². The minimum absolute atomic E-state index is 0.0160. The molecule has 0 spiro atoms. The number of rotatable bonds is 9. The van der Waals surface area contributed by atoms with Gasteiger partial charge >= 0.3 is 5.97 Å². The Labute approximate surface area is 178 Å². The van der Waals surface area contributed by atoms with Crippen molar-refractivity contribution < 1.29 is 22.7 Å². The standard InChI is InChI=1S/C22H30N2O5S/c1-7-29-22(26)20-15(4)19(16(5)23-20)21(25)17(6)24(13-14(2)3)30(27,28)18-11-9-8-10-12-18/h8-12,14,17,23H,7,13H2,1-6H3. The molecule has 1 unspecified atom stereocenters. The number of aryl methyl sites for hydroxylation is 1. The molecule has 1 atom stereocenters. The van der Waals surface area contributed by atoms with Crippen molar-refractivity contribution in [1.29, 1.82) is 0 Å². The van der Waals surface area contributed by atoms with Gasteiger partial charge in [-0.3, -0.25) is 4.79 Å². The number of carbonyl (C=O) groups excluding carboxylic acids is 2. The Balaban J connectivity index is 2.48. The molecule has 8 heteroatoms. The number of aromatic amines is 1. The van der Waals surface area contributed by atoms with Crippen molar-refractivity contribution in [3.8, 4) is 0 Å². The van der Waals surface area contributed by atoms with Crippen LogP contribution in [0.25, 0.3) is 0 Å². The van der Waals surface area contributed by atoms with Crippen LogP contribution in [-0.2, 0) is 14.8 Å². The second-order valence-corrected chi connectivity index (χ2v) is 9.56. The van der Waals surface area contributed by atoms with Gasteiger partial charge in [0, 0.05) is 17.8 Å². The second-order valence-electron chi connectivity index (χ2n) is 7.67. The first-order valence-electron chi connectivity index (χ1n) is 9.99. The van der Waals surface area contributed by atoms with Gasteiger partial charge in [0.15, 0.2) is 5.78 Å². The molecule has 1 N–H and O–H groups in total. The van der Waals surface area contributed by atoms with Crippen LogP contribution >= 0.6 is 0 Å². The molecule has 0 amide bonds. The van der Waals surface area contributed by atoms with E-state index in [1.807, 2.05) is 13.8 Å². The maximum absolute atomic E-state index is 13.4. The van der Waals surface area contributed by atoms with Gasteiger partial charge in [0.25, 0.3) is 0 Å². The van der Waals surface area contributed by atoms with Crippen LogP contribution in [0.3, 0.4) is 0 Å². The minimum atomic E-state index is -3.88. The third-order valence-corrected chi connectivity index (χ3v) is 6.82.